The summed E-state index contributed by atoms with van der Waals surface area (Å²) in [5.41, 5.74) is 1.58. The lowest BCUT2D eigenvalue weighted by atomic mass is 10.1. The number of hydrogen-bond donors (Lipinski definition) is 0. The Hall–Kier alpha value is -2.51. The molecule has 144 valence electrons. The first-order chi connectivity index (χ1) is 12.8. The molecule has 0 heterocycles. The van der Waals surface area contributed by atoms with Crippen LogP contribution in [0, 0.1) is 0 Å². The highest BCUT2D eigenvalue weighted by atomic mass is 32.2. The fourth-order valence-corrected chi connectivity index (χ4v) is 3.58. The van der Waals surface area contributed by atoms with Crippen molar-refractivity contribution in [1.29, 1.82) is 0 Å². The zero-order chi connectivity index (χ0) is 19.9. The number of hydrogen-bond acceptors (Lipinski definition) is 5. The predicted molar refractivity (Wildman–Crippen MR) is 102 cm³/mol. The van der Waals surface area contributed by atoms with E-state index in [-0.39, 0.29) is 23.8 Å². The molecule has 2 aromatic rings. The second-order valence-electron chi connectivity index (χ2n) is 6.15. The molecule has 27 heavy (non-hydrogen) atoms. The number of sulfonamides is 1. The van der Waals surface area contributed by atoms with Gasteiger partial charge >= 0.3 is 5.97 Å². The largest absolute Gasteiger partial charge is 0.465 e. The molecule has 0 fully saturated rings. The smallest absolute Gasteiger partial charge is 0.321 e. The molecule has 6 nitrogen and oxygen atoms in total. The van der Waals surface area contributed by atoms with E-state index >= 15 is 0 Å². The first-order valence-corrected chi connectivity index (χ1v) is 10.0. The summed E-state index contributed by atoms with van der Waals surface area (Å²) in [6.45, 7) is 1.26. The van der Waals surface area contributed by atoms with Crippen molar-refractivity contribution in [2.75, 3.05) is 20.2 Å². The lowest BCUT2D eigenvalue weighted by Gasteiger charge is -2.16. The Morgan fingerprint density at radius 1 is 1.00 bits per heavy atom. The monoisotopic (exact) mass is 389 g/mol. The Morgan fingerprint density at radius 2 is 1.63 bits per heavy atom. The van der Waals surface area contributed by atoms with Crippen molar-refractivity contribution in [1.82, 2.24) is 4.31 Å². The van der Waals surface area contributed by atoms with E-state index in [1.54, 1.807) is 0 Å². The summed E-state index contributed by atoms with van der Waals surface area (Å²) in [6, 6.07) is 15.4. The fraction of sp³-hybridized carbons (Fsp3) is 0.300. The van der Waals surface area contributed by atoms with Crippen LogP contribution in [0.5, 0.6) is 0 Å². The van der Waals surface area contributed by atoms with Gasteiger partial charge in [0.25, 0.3) is 0 Å². The third kappa shape index (κ3) is 6.01. The standard InChI is InChI=1S/C20H23NO5S/c1-16(22)18-10-12-19(13-11-18)27(24,25)21(2)15-20(23)26-14-6-9-17-7-4-3-5-8-17/h3-5,7-8,10-13H,6,9,14-15H2,1-2H3. The van der Waals surface area contributed by atoms with E-state index in [0.29, 0.717) is 12.0 Å². The number of ketones is 1. The van der Waals surface area contributed by atoms with Gasteiger partial charge in [0.1, 0.15) is 6.54 Å². The van der Waals surface area contributed by atoms with Crippen molar-refractivity contribution in [2.24, 2.45) is 0 Å². The Morgan fingerprint density at radius 3 is 2.22 bits per heavy atom. The summed E-state index contributed by atoms with van der Waals surface area (Å²) in [6.07, 6.45) is 1.45. The number of carbonyl (C=O) groups excluding carboxylic acids is 2. The van der Waals surface area contributed by atoms with Crippen LogP contribution in [0.25, 0.3) is 0 Å². The number of Topliss-reactive ketones (excluding diaryl/α,β-unsaturated/α-hetero) is 1. The van der Waals surface area contributed by atoms with Gasteiger partial charge in [-0.1, -0.05) is 42.5 Å². The first-order valence-electron chi connectivity index (χ1n) is 8.57. The molecule has 0 unspecified atom stereocenters. The molecule has 0 aliphatic rings. The number of ether oxygens (including phenoxy) is 1. The summed E-state index contributed by atoms with van der Waals surface area (Å²) >= 11 is 0. The van der Waals surface area contributed by atoms with Crippen molar-refractivity contribution in [3.63, 3.8) is 0 Å². The van der Waals surface area contributed by atoms with Crippen LogP contribution >= 0.6 is 0 Å². The normalized spacial score (nSPS) is 11.4. The summed E-state index contributed by atoms with van der Waals surface area (Å²) in [5, 5.41) is 0. The minimum absolute atomic E-state index is 0.0203. The van der Waals surface area contributed by atoms with Gasteiger partial charge < -0.3 is 4.74 Å². The third-order valence-corrected chi connectivity index (χ3v) is 5.85. The van der Waals surface area contributed by atoms with Crippen molar-refractivity contribution in [2.45, 2.75) is 24.7 Å². The molecular formula is C20H23NO5S. The van der Waals surface area contributed by atoms with E-state index in [1.165, 1.54) is 38.2 Å². The lowest BCUT2D eigenvalue weighted by molar-refractivity contribution is -0.143. The van der Waals surface area contributed by atoms with Gasteiger partial charge in [0.2, 0.25) is 10.0 Å². The summed E-state index contributed by atoms with van der Waals surface area (Å²) in [4.78, 5) is 23.2. The highest BCUT2D eigenvalue weighted by Crippen LogP contribution is 2.15. The van der Waals surface area contributed by atoms with E-state index in [0.717, 1.165) is 16.3 Å². The zero-order valence-corrected chi connectivity index (χ0v) is 16.2. The van der Waals surface area contributed by atoms with Crippen molar-refractivity contribution in [3.8, 4) is 0 Å². The van der Waals surface area contributed by atoms with Crippen LogP contribution in [-0.2, 0) is 26.0 Å². The Balaban J connectivity index is 1.84. The van der Waals surface area contributed by atoms with Crippen LogP contribution in [0.3, 0.4) is 0 Å². The van der Waals surface area contributed by atoms with E-state index in [4.69, 9.17) is 4.74 Å². The van der Waals surface area contributed by atoms with Crippen LogP contribution < -0.4 is 0 Å². The molecule has 0 spiro atoms. The molecule has 7 heteroatoms. The van der Waals surface area contributed by atoms with Crippen molar-refractivity contribution in [3.05, 3.63) is 65.7 Å². The third-order valence-electron chi connectivity index (χ3n) is 4.04. The van der Waals surface area contributed by atoms with Gasteiger partial charge in [-0.3, -0.25) is 9.59 Å². The van der Waals surface area contributed by atoms with E-state index in [1.807, 2.05) is 30.3 Å². The maximum atomic E-state index is 12.5. The van der Waals surface area contributed by atoms with Crippen LogP contribution in [0.15, 0.2) is 59.5 Å². The van der Waals surface area contributed by atoms with Crippen LogP contribution in [-0.4, -0.2) is 44.7 Å². The molecule has 0 aliphatic heterocycles. The number of likely N-dealkylation sites (N-methyl/N-ethyl adjacent to an activating group) is 1. The maximum Gasteiger partial charge on any atom is 0.321 e. The van der Waals surface area contributed by atoms with Gasteiger partial charge in [-0.15, -0.1) is 0 Å². The lowest BCUT2D eigenvalue weighted by Crippen LogP contribution is -2.33. The fourth-order valence-electron chi connectivity index (χ4n) is 2.46. The summed E-state index contributed by atoms with van der Waals surface area (Å²) in [5.74, 6) is -0.749. The Kier molecular flexibility index (Phi) is 7.27. The minimum atomic E-state index is -3.83. The van der Waals surface area contributed by atoms with Gasteiger partial charge in [0.15, 0.2) is 5.78 Å². The number of aryl methyl sites for hydroxylation is 1. The molecule has 0 radical (unpaired) electrons. The molecule has 0 aliphatic carbocycles. The second-order valence-corrected chi connectivity index (χ2v) is 8.20. The summed E-state index contributed by atoms with van der Waals surface area (Å²) in [7, 11) is -2.51. The zero-order valence-electron chi connectivity index (χ0n) is 15.4. The van der Waals surface area contributed by atoms with Crippen molar-refractivity contribution >= 4 is 21.8 Å². The van der Waals surface area contributed by atoms with E-state index in [9.17, 15) is 18.0 Å². The molecule has 0 atom stereocenters. The molecule has 0 bridgehead atoms. The Labute approximate surface area is 159 Å². The maximum absolute atomic E-state index is 12.5. The number of carbonyl (C=O) groups is 2. The number of esters is 1. The first kappa shape index (κ1) is 20.8. The van der Waals surface area contributed by atoms with Crippen LogP contribution in [0.1, 0.15) is 29.3 Å². The molecule has 0 saturated carbocycles. The van der Waals surface area contributed by atoms with Crippen LogP contribution in [0.2, 0.25) is 0 Å². The number of rotatable bonds is 9. The van der Waals surface area contributed by atoms with E-state index < -0.39 is 16.0 Å². The number of nitrogens with zero attached hydrogens (tertiary/aromatic N) is 1. The average Bonchev–Trinajstić information content (AvgIpc) is 2.66. The number of benzene rings is 2. The molecule has 2 aromatic carbocycles. The van der Waals surface area contributed by atoms with Gasteiger partial charge in [-0.2, -0.15) is 4.31 Å². The predicted octanol–water partition coefficient (Wildman–Crippen LogP) is 2.69. The molecule has 2 rings (SSSR count). The molecule has 0 N–H and O–H groups in total. The van der Waals surface area contributed by atoms with Gasteiger partial charge in [-0.05, 0) is 37.5 Å². The molecule has 0 saturated heterocycles. The summed E-state index contributed by atoms with van der Waals surface area (Å²) < 4.78 is 31.1. The Bertz CT molecular complexity index is 876. The van der Waals surface area contributed by atoms with Gasteiger partial charge in [-0.25, -0.2) is 8.42 Å². The SMILES string of the molecule is CC(=O)c1ccc(S(=O)(=O)N(C)CC(=O)OCCCc2ccccc2)cc1. The average molecular weight is 389 g/mol. The van der Waals surface area contributed by atoms with Gasteiger partial charge in [0, 0.05) is 12.6 Å². The van der Waals surface area contributed by atoms with Crippen LogP contribution in [0.4, 0.5) is 0 Å². The van der Waals surface area contributed by atoms with Gasteiger partial charge in [0.05, 0.1) is 11.5 Å². The highest BCUT2D eigenvalue weighted by Gasteiger charge is 2.23. The quantitative estimate of drug-likeness (QED) is 0.374. The molecule has 0 aromatic heterocycles. The second kappa shape index (κ2) is 9.43. The molecular weight excluding hydrogens is 366 g/mol. The molecule has 0 amide bonds. The topological polar surface area (TPSA) is 80.8 Å². The minimum Gasteiger partial charge on any atom is -0.465 e. The van der Waals surface area contributed by atoms with Crippen molar-refractivity contribution < 1.29 is 22.7 Å². The van der Waals surface area contributed by atoms with E-state index in [2.05, 4.69) is 0 Å². The highest BCUT2D eigenvalue weighted by molar-refractivity contribution is 7.89.